The Morgan fingerprint density at radius 2 is 1.60 bits per heavy atom. The third kappa shape index (κ3) is 8.73. The quantitative estimate of drug-likeness (QED) is 0.479. The van der Waals surface area contributed by atoms with Crippen molar-refractivity contribution in [3.05, 3.63) is 0 Å². The number of carbonyl (C=O) groups excluding carboxylic acids is 3. The molecule has 0 aromatic rings. The first kappa shape index (κ1) is 13.4. The lowest BCUT2D eigenvalue weighted by atomic mass is 10.4. The molecule has 15 heavy (non-hydrogen) atoms. The van der Waals surface area contributed by atoms with Crippen LogP contribution in [0.4, 0.5) is 0 Å². The van der Waals surface area contributed by atoms with Crippen LogP contribution in [0.25, 0.3) is 0 Å². The molecule has 1 unspecified atom stereocenters. The topological polar surface area (TPSA) is 78.9 Å². The van der Waals surface area contributed by atoms with Crippen LogP contribution in [0.1, 0.15) is 20.8 Å². The number of carbonyl (C=O) groups is 3. The normalized spacial score (nSPS) is 11.4. The first-order chi connectivity index (χ1) is 6.91. The van der Waals surface area contributed by atoms with E-state index in [2.05, 4.69) is 9.47 Å². The third-order valence-corrected chi connectivity index (χ3v) is 1.25. The minimum Gasteiger partial charge on any atom is -0.462 e. The van der Waals surface area contributed by atoms with Gasteiger partial charge >= 0.3 is 17.9 Å². The summed E-state index contributed by atoms with van der Waals surface area (Å²) in [5, 5.41) is 0. The number of rotatable bonds is 5. The zero-order chi connectivity index (χ0) is 11.8. The van der Waals surface area contributed by atoms with Crippen molar-refractivity contribution in [2.75, 3.05) is 13.2 Å². The van der Waals surface area contributed by atoms with Gasteiger partial charge in [0.1, 0.15) is 12.7 Å². The molecule has 0 aliphatic carbocycles. The van der Waals surface area contributed by atoms with Crippen LogP contribution in [0.2, 0.25) is 0 Å². The second-order valence-electron chi connectivity index (χ2n) is 2.88. The molecule has 0 rings (SSSR count). The predicted molar refractivity (Wildman–Crippen MR) is 48.8 cm³/mol. The van der Waals surface area contributed by atoms with Crippen molar-refractivity contribution in [3.8, 4) is 0 Å². The summed E-state index contributed by atoms with van der Waals surface area (Å²) in [5.41, 5.74) is 0. The molecule has 0 aromatic carbocycles. The fraction of sp³-hybridized carbons (Fsp3) is 0.667. The van der Waals surface area contributed by atoms with Crippen LogP contribution < -0.4 is 0 Å². The van der Waals surface area contributed by atoms with Crippen molar-refractivity contribution in [1.82, 2.24) is 0 Å². The molecular weight excluding hydrogens is 204 g/mol. The fourth-order valence-electron chi connectivity index (χ4n) is 0.688. The number of ether oxygens (including phenoxy) is 3. The minimum absolute atomic E-state index is 0.0128. The van der Waals surface area contributed by atoms with Gasteiger partial charge in [-0.25, -0.2) is 4.79 Å². The van der Waals surface area contributed by atoms with E-state index >= 15 is 0 Å². The number of esters is 3. The maximum atomic E-state index is 11.0. The summed E-state index contributed by atoms with van der Waals surface area (Å²) in [6, 6.07) is 0. The van der Waals surface area contributed by atoms with Crippen molar-refractivity contribution in [1.29, 1.82) is 0 Å². The minimum atomic E-state index is -0.676. The van der Waals surface area contributed by atoms with Crippen LogP contribution in [0.5, 0.6) is 0 Å². The Labute approximate surface area is 87.5 Å². The highest BCUT2D eigenvalue weighted by molar-refractivity contribution is 5.75. The summed E-state index contributed by atoms with van der Waals surface area (Å²) in [7, 11) is 0. The summed E-state index contributed by atoms with van der Waals surface area (Å²) < 4.78 is 13.8. The lowest BCUT2D eigenvalue weighted by molar-refractivity contribution is -0.164. The summed E-state index contributed by atoms with van der Waals surface area (Å²) >= 11 is 0. The Balaban J connectivity index is 3.66. The molecule has 6 nitrogen and oxygen atoms in total. The summed E-state index contributed by atoms with van der Waals surface area (Å²) in [5.74, 6) is -1.68. The van der Waals surface area contributed by atoms with E-state index in [9.17, 15) is 14.4 Å². The molecule has 0 aliphatic rings. The van der Waals surface area contributed by atoms with E-state index in [1.54, 1.807) is 6.92 Å². The molecule has 0 saturated carbocycles. The van der Waals surface area contributed by atoms with Gasteiger partial charge in [-0.3, -0.25) is 9.59 Å². The molecule has 0 amide bonds. The Hall–Kier alpha value is -1.59. The Morgan fingerprint density at radius 3 is 2.07 bits per heavy atom. The molecule has 0 fully saturated rings. The molecule has 0 saturated heterocycles. The molecular formula is C9H14O6. The van der Waals surface area contributed by atoms with Crippen molar-refractivity contribution >= 4 is 17.9 Å². The summed E-state index contributed by atoms with van der Waals surface area (Å²) in [4.78, 5) is 31.7. The van der Waals surface area contributed by atoms with Gasteiger partial charge in [0, 0.05) is 13.8 Å². The van der Waals surface area contributed by atoms with Gasteiger partial charge in [0.15, 0.2) is 6.61 Å². The van der Waals surface area contributed by atoms with Gasteiger partial charge in [-0.1, -0.05) is 0 Å². The van der Waals surface area contributed by atoms with Crippen LogP contribution >= 0.6 is 0 Å². The lowest BCUT2D eigenvalue weighted by Crippen LogP contribution is -2.24. The first-order valence-corrected chi connectivity index (χ1v) is 4.38. The summed E-state index contributed by atoms with van der Waals surface area (Å²) in [6.07, 6.45) is -0.558. The lowest BCUT2D eigenvalue weighted by Gasteiger charge is -2.12. The maximum Gasteiger partial charge on any atom is 0.344 e. The van der Waals surface area contributed by atoms with E-state index in [0.29, 0.717) is 0 Å². The van der Waals surface area contributed by atoms with Gasteiger partial charge in [-0.2, -0.15) is 0 Å². The molecule has 0 bridgehead atoms. The smallest absolute Gasteiger partial charge is 0.344 e. The SMILES string of the molecule is CC(=O)OCC(=O)OC(C)COC(C)=O. The molecule has 0 radical (unpaired) electrons. The Kier molecular flexibility index (Phi) is 6.08. The highest BCUT2D eigenvalue weighted by atomic mass is 16.6. The second kappa shape index (κ2) is 6.80. The van der Waals surface area contributed by atoms with Gasteiger partial charge in [-0.05, 0) is 6.92 Å². The zero-order valence-electron chi connectivity index (χ0n) is 8.94. The van der Waals surface area contributed by atoms with Gasteiger partial charge in [0.05, 0.1) is 0 Å². The zero-order valence-corrected chi connectivity index (χ0v) is 8.94. The number of hydrogen-bond donors (Lipinski definition) is 0. The molecule has 0 heterocycles. The van der Waals surface area contributed by atoms with E-state index in [1.807, 2.05) is 0 Å². The van der Waals surface area contributed by atoms with Gasteiger partial charge < -0.3 is 14.2 Å². The number of hydrogen-bond acceptors (Lipinski definition) is 6. The fourth-order valence-corrected chi connectivity index (χ4v) is 0.688. The van der Waals surface area contributed by atoms with Gasteiger partial charge in [0.25, 0.3) is 0 Å². The van der Waals surface area contributed by atoms with Crippen LogP contribution in [-0.2, 0) is 28.6 Å². The Bertz CT molecular complexity index is 247. The van der Waals surface area contributed by atoms with Crippen LogP contribution in [-0.4, -0.2) is 37.2 Å². The molecule has 0 aromatic heterocycles. The highest BCUT2D eigenvalue weighted by Crippen LogP contribution is 1.94. The van der Waals surface area contributed by atoms with Crippen molar-refractivity contribution < 1.29 is 28.6 Å². The largest absolute Gasteiger partial charge is 0.462 e. The maximum absolute atomic E-state index is 11.0. The van der Waals surface area contributed by atoms with E-state index in [-0.39, 0.29) is 6.61 Å². The van der Waals surface area contributed by atoms with Crippen LogP contribution in [0.15, 0.2) is 0 Å². The highest BCUT2D eigenvalue weighted by Gasteiger charge is 2.11. The standard InChI is InChI=1S/C9H14O6/c1-6(4-13-7(2)10)15-9(12)5-14-8(3)11/h6H,4-5H2,1-3H3. The molecule has 0 N–H and O–H groups in total. The van der Waals surface area contributed by atoms with E-state index < -0.39 is 30.6 Å². The molecule has 0 aliphatic heterocycles. The second-order valence-corrected chi connectivity index (χ2v) is 2.88. The third-order valence-electron chi connectivity index (χ3n) is 1.25. The molecule has 1 atom stereocenters. The molecule has 86 valence electrons. The molecule has 0 spiro atoms. The summed E-state index contributed by atoms with van der Waals surface area (Å²) in [6.45, 7) is 3.57. The molecule has 6 heteroatoms. The van der Waals surface area contributed by atoms with E-state index in [4.69, 9.17) is 4.74 Å². The van der Waals surface area contributed by atoms with Crippen molar-refractivity contribution in [2.45, 2.75) is 26.9 Å². The van der Waals surface area contributed by atoms with Crippen molar-refractivity contribution in [3.63, 3.8) is 0 Å². The Morgan fingerprint density at radius 1 is 1.07 bits per heavy atom. The van der Waals surface area contributed by atoms with E-state index in [1.165, 1.54) is 13.8 Å². The van der Waals surface area contributed by atoms with Gasteiger partial charge in [0.2, 0.25) is 0 Å². The van der Waals surface area contributed by atoms with Crippen molar-refractivity contribution in [2.24, 2.45) is 0 Å². The van der Waals surface area contributed by atoms with E-state index in [0.717, 1.165) is 0 Å². The average molecular weight is 218 g/mol. The van der Waals surface area contributed by atoms with Gasteiger partial charge in [-0.15, -0.1) is 0 Å². The predicted octanol–water partition coefficient (Wildman–Crippen LogP) is 0.0443. The first-order valence-electron chi connectivity index (χ1n) is 4.38. The average Bonchev–Trinajstić information content (AvgIpc) is 2.11. The van der Waals surface area contributed by atoms with Crippen LogP contribution in [0, 0.1) is 0 Å². The monoisotopic (exact) mass is 218 g/mol. The van der Waals surface area contributed by atoms with Crippen LogP contribution in [0.3, 0.4) is 0 Å².